The molecular weight excluding hydrogens is 270 g/mol. The van der Waals surface area contributed by atoms with Crippen molar-refractivity contribution in [3.8, 4) is 5.75 Å². The lowest BCUT2D eigenvalue weighted by molar-refractivity contribution is -0.142. The fraction of sp³-hybridized carbons (Fsp3) is 0.462. The molecule has 1 rings (SSSR count). The highest BCUT2D eigenvalue weighted by Gasteiger charge is 2.08. The van der Waals surface area contributed by atoms with Crippen molar-refractivity contribution < 1.29 is 19.4 Å². The highest BCUT2D eigenvalue weighted by Crippen LogP contribution is 2.22. The molecule has 1 atom stereocenters. The molecular formula is C13H18ClNO4. The summed E-state index contributed by atoms with van der Waals surface area (Å²) >= 11 is 5.90. The maximum Gasteiger partial charge on any atom is 0.319 e. The quantitative estimate of drug-likeness (QED) is 0.704. The average molecular weight is 288 g/mol. The molecule has 0 aliphatic heterocycles. The van der Waals surface area contributed by atoms with Crippen LogP contribution in [0.2, 0.25) is 5.02 Å². The molecule has 2 N–H and O–H groups in total. The summed E-state index contributed by atoms with van der Waals surface area (Å²) in [7, 11) is 0. The van der Waals surface area contributed by atoms with Gasteiger partial charge in [-0.3, -0.25) is 4.79 Å². The lowest BCUT2D eigenvalue weighted by Crippen LogP contribution is -2.35. The summed E-state index contributed by atoms with van der Waals surface area (Å²) in [6, 6.07) is 7.03. The summed E-state index contributed by atoms with van der Waals surface area (Å²) in [6.45, 7) is 2.49. The second kappa shape index (κ2) is 8.74. The Morgan fingerprint density at radius 2 is 2.21 bits per heavy atom. The van der Waals surface area contributed by atoms with Crippen LogP contribution in [0.15, 0.2) is 24.3 Å². The molecule has 0 spiro atoms. The van der Waals surface area contributed by atoms with Crippen molar-refractivity contribution in [3.05, 3.63) is 29.3 Å². The number of para-hydroxylation sites is 1. The summed E-state index contributed by atoms with van der Waals surface area (Å²) in [5, 5.41) is 12.9. The minimum Gasteiger partial charge on any atom is -0.489 e. The van der Waals surface area contributed by atoms with Gasteiger partial charge >= 0.3 is 5.97 Å². The van der Waals surface area contributed by atoms with Gasteiger partial charge in [-0.25, -0.2) is 0 Å². The molecule has 6 heteroatoms. The SMILES string of the molecule is CCOC(=O)CNCC(O)COc1ccccc1Cl. The molecule has 0 saturated heterocycles. The van der Waals surface area contributed by atoms with Crippen molar-refractivity contribution in [3.63, 3.8) is 0 Å². The minimum absolute atomic E-state index is 0.0665. The number of halogens is 1. The fourth-order valence-corrected chi connectivity index (χ4v) is 1.55. The summed E-state index contributed by atoms with van der Waals surface area (Å²) in [4.78, 5) is 11.0. The number of aliphatic hydroxyl groups is 1. The van der Waals surface area contributed by atoms with Crippen molar-refractivity contribution in [2.45, 2.75) is 13.0 Å². The largest absolute Gasteiger partial charge is 0.489 e. The first kappa shape index (κ1) is 15.8. The predicted molar refractivity (Wildman–Crippen MR) is 72.5 cm³/mol. The van der Waals surface area contributed by atoms with Gasteiger partial charge < -0.3 is 19.9 Å². The van der Waals surface area contributed by atoms with Crippen molar-refractivity contribution in [2.24, 2.45) is 0 Å². The van der Waals surface area contributed by atoms with Gasteiger partial charge in [-0.05, 0) is 19.1 Å². The number of esters is 1. The first-order chi connectivity index (χ1) is 9.13. The Morgan fingerprint density at radius 3 is 2.89 bits per heavy atom. The van der Waals surface area contributed by atoms with Crippen LogP contribution in [0.1, 0.15) is 6.92 Å². The topological polar surface area (TPSA) is 67.8 Å². The highest BCUT2D eigenvalue weighted by atomic mass is 35.5. The molecule has 0 aliphatic rings. The van der Waals surface area contributed by atoms with Gasteiger partial charge in [0, 0.05) is 6.54 Å². The van der Waals surface area contributed by atoms with Gasteiger partial charge in [0.25, 0.3) is 0 Å². The third kappa shape index (κ3) is 6.42. The van der Waals surface area contributed by atoms with Gasteiger partial charge in [0.05, 0.1) is 18.2 Å². The molecule has 0 radical (unpaired) electrons. The van der Waals surface area contributed by atoms with E-state index in [-0.39, 0.29) is 25.7 Å². The van der Waals surface area contributed by atoms with Crippen LogP contribution < -0.4 is 10.1 Å². The Labute approximate surface area is 117 Å². The van der Waals surface area contributed by atoms with Crippen LogP contribution in [-0.2, 0) is 9.53 Å². The Hall–Kier alpha value is -1.30. The van der Waals surface area contributed by atoms with Gasteiger partial charge in [0.15, 0.2) is 0 Å². The summed E-state index contributed by atoms with van der Waals surface area (Å²) in [5.41, 5.74) is 0. The summed E-state index contributed by atoms with van der Waals surface area (Å²) in [6.07, 6.45) is -0.731. The van der Waals surface area contributed by atoms with Crippen molar-refractivity contribution in [2.75, 3.05) is 26.3 Å². The molecule has 0 heterocycles. The third-order valence-corrected chi connectivity index (χ3v) is 2.53. The molecule has 1 unspecified atom stereocenters. The zero-order valence-corrected chi connectivity index (χ0v) is 11.5. The van der Waals surface area contributed by atoms with Crippen LogP contribution in [0.4, 0.5) is 0 Å². The number of aliphatic hydroxyl groups excluding tert-OH is 1. The second-order valence-corrected chi connectivity index (χ2v) is 4.24. The first-order valence-electron chi connectivity index (χ1n) is 6.05. The second-order valence-electron chi connectivity index (χ2n) is 3.83. The lowest BCUT2D eigenvalue weighted by Gasteiger charge is -2.13. The normalized spacial score (nSPS) is 11.9. The molecule has 0 aliphatic carbocycles. The minimum atomic E-state index is -0.731. The fourth-order valence-electron chi connectivity index (χ4n) is 1.36. The van der Waals surface area contributed by atoms with Gasteiger partial charge in [-0.15, -0.1) is 0 Å². The zero-order valence-electron chi connectivity index (χ0n) is 10.8. The van der Waals surface area contributed by atoms with Crippen LogP contribution in [0, 0.1) is 0 Å². The molecule has 1 aromatic rings. The first-order valence-corrected chi connectivity index (χ1v) is 6.43. The molecule has 0 bridgehead atoms. The standard InChI is InChI=1S/C13H18ClNO4/c1-2-18-13(17)8-15-7-10(16)9-19-12-6-4-3-5-11(12)14/h3-6,10,15-16H,2,7-9H2,1H3. The maximum absolute atomic E-state index is 11.0. The van der Waals surface area contributed by atoms with Crippen LogP contribution in [0.25, 0.3) is 0 Å². The number of ether oxygens (including phenoxy) is 2. The number of rotatable bonds is 8. The van der Waals surface area contributed by atoms with E-state index in [1.807, 2.05) is 0 Å². The van der Waals surface area contributed by atoms with E-state index in [2.05, 4.69) is 5.32 Å². The van der Waals surface area contributed by atoms with Crippen molar-refractivity contribution >= 4 is 17.6 Å². The van der Waals surface area contributed by atoms with E-state index in [9.17, 15) is 9.90 Å². The number of carbonyl (C=O) groups is 1. The van der Waals surface area contributed by atoms with Crippen molar-refractivity contribution in [1.82, 2.24) is 5.32 Å². The van der Waals surface area contributed by atoms with E-state index in [1.165, 1.54) is 0 Å². The Bertz CT molecular complexity index is 400. The van der Waals surface area contributed by atoms with Crippen LogP contribution in [-0.4, -0.2) is 43.5 Å². The Balaban J connectivity index is 2.19. The summed E-state index contributed by atoms with van der Waals surface area (Å²) < 4.78 is 10.1. The molecule has 106 valence electrons. The molecule has 0 aromatic heterocycles. The number of carbonyl (C=O) groups excluding carboxylic acids is 1. The van der Waals surface area contributed by atoms with Crippen LogP contribution >= 0.6 is 11.6 Å². The highest BCUT2D eigenvalue weighted by molar-refractivity contribution is 6.32. The molecule has 5 nitrogen and oxygen atoms in total. The van der Waals surface area contributed by atoms with Gasteiger partial charge in [-0.2, -0.15) is 0 Å². The predicted octanol–water partition coefficient (Wildman–Crippen LogP) is 1.23. The van der Waals surface area contributed by atoms with E-state index in [0.29, 0.717) is 17.4 Å². The summed E-state index contributed by atoms with van der Waals surface area (Å²) in [5.74, 6) is 0.176. The third-order valence-electron chi connectivity index (χ3n) is 2.22. The maximum atomic E-state index is 11.0. The van der Waals surface area contributed by atoms with Crippen molar-refractivity contribution in [1.29, 1.82) is 0 Å². The molecule has 1 aromatic carbocycles. The zero-order chi connectivity index (χ0) is 14.1. The number of hydrogen-bond donors (Lipinski definition) is 2. The Kier molecular flexibility index (Phi) is 7.25. The van der Waals surface area contributed by atoms with E-state index in [0.717, 1.165) is 0 Å². The number of benzene rings is 1. The van der Waals surface area contributed by atoms with Crippen LogP contribution in [0.3, 0.4) is 0 Å². The molecule has 0 saturated carbocycles. The van der Waals surface area contributed by atoms with E-state index in [1.54, 1.807) is 31.2 Å². The van der Waals surface area contributed by atoms with E-state index >= 15 is 0 Å². The van der Waals surface area contributed by atoms with E-state index in [4.69, 9.17) is 21.1 Å². The number of nitrogens with one attached hydrogen (secondary N) is 1. The van der Waals surface area contributed by atoms with Crippen LogP contribution in [0.5, 0.6) is 5.75 Å². The Morgan fingerprint density at radius 1 is 1.47 bits per heavy atom. The van der Waals surface area contributed by atoms with Gasteiger partial charge in [0.2, 0.25) is 0 Å². The smallest absolute Gasteiger partial charge is 0.319 e. The molecule has 0 fully saturated rings. The molecule has 19 heavy (non-hydrogen) atoms. The van der Waals surface area contributed by atoms with E-state index < -0.39 is 6.10 Å². The monoisotopic (exact) mass is 287 g/mol. The van der Waals surface area contributed by atoms with Gasteiger partial charge in [-0.1, -0.05) is 23.7 Å². The lowest BCUT2D eigenvalue weighted by atomic mass is 10.3. The average Bonchev–Trinajstić information content (AvgIpc) is 2.38. The molecule has 0 amide bonds. The van der Waals surface area contributed by atoms with Gasteiger partial charge in [0.1, 0.15) is 18.5 Å². The number of hydrogen-bond acceptors (Lipinski definition) is 5.